The quantitative estimate of drug-likeness (QED) is 0.295. The number of hydrogen-bond acceptors (Lipinski definition) is 7. The van der Waals surface area contributed by atoms with Crippen molar-refractivity contribution in [3.8, 4) is 0 Å². The summed E-state index contributed by atoms with van der Waals surface area (Å²) in [5.41, 5.74) is 3.27. The molecular formula is C25H21ClN4O5. The minimum absolute atomic E-state index is 0.113. The molecule has 0 radical (unpaired) electrons. The summed E-state index contributed by atoms with van der Waals surface area (Å²) in [6.45, 7) is 2.13. The molecular weight excluding hydrogens is 472 g/mol. The summed E-state index contributed by atoms with van der Waals surface area (Å²) in [6.07, 6.45) is 0.507. The highest BCUT2D eigenvalue weighted by atomic mass is 35.5. The minimum Gasteiger partial charge on any atom is -0.440 e. The molecule has 1 aliphatic rings. The highest BCUT2D eigenvalue weighted by molar-refractivity contribution is 6.30. The molecule has 3 aromatic carbocycles. The predicted octanol–water partition coefficient (Wildman–Crippen LogP) is 5.07. The van der Waals surface area contributed by atoms with E-state index < -0.39 is 10.8 Å². The summed E-state index contributed by atoms with van der Waals surface area (Å²) in [4.78, 5) is 30.5. The second-order valence-corrected chi connectivity index (χ2v) is 8.54. The average Bonchev–Trinajstić information content (AvgIpc) is 3.27. The van der Waals surface area contributed by atoms with Crippen LogP contribution in [0.15, 0.2) is 65.1 Å². The van der Waals surface area contributed by atoms with Gasteiger partial charge in [0.05, 0.1) is 18.1 Å². The van der Waals surface area contributed by atoms with Crippen LogP contribution in [0.4, 0.5) is 17.1 Å². The third-order valence-corrected chi connectivity index (χ3v) is 6.00. The van der Waals surface area contributed by atoms with Crippen molar-refractivity contribution in [1.29, 1.82) is 0 Å². The van der Waals surface area contributed by atoms with Gasteiger partial charge >= 0.3 is 0 Å². The molecule has 1 fully saturated rings. The molecule has 0 saturated carbocycles. The number of morpholine rings is 1. The molecule has 4 aromatic rings. The first kappa shape index (κ1) is 22.8. The van der Waals surface area contributed by atoms with E-state index in [-0.39, 0.29) is 11.3 Å². The number of ether oxygens (including phenoxy) is 1. The monoisotopic (exact) mass is 492 g/mol. The van der Waals surface area contributed by atoms with Crippen LogP contribution >= 0.6 is 11.6 Å². The normalized spacial score (nSPS) is 13.7. The Hall–Kier alpha value is -3.95. The summed E-state index contributed by atoms with van der Waals surface area (Å²) < 4.78 is 11.1. The Labute approximate surface area is 205 Å². The standard InChI is InChI=1S/C25H21ClN4O5/c26-18-4-1-16(2-5-18)13-24-28-20-15-19(6-8-23(20)35-24)27-25(31)17-3-7-21(22(14-17)30(32)33)29-9-11-34-12-10-29/h1-8,14-15H,9-13H2,(H,27,31). The third kappa shape index (κ3) is 5.11. The molecule has 0 bridgehead atoms. The van der Waals surface area contributed by atoms with E-state index in [9.17, 15) is 14.9 Å². The molecule has 2 heterocycles. The van der Waals surface area contributed by atoms with Gasteiger partial charge in [0, 0.05) is 41.9 Å². The van der Waals surface area contributed by atoms with Crippen LogP contribution in [-0.4, -0.2) is 42.1 Å². The number of nitrogens with one attached hydrogen (secondary N) is 1. The number of fused-ring (bicyclic) bond motifs is 1. The Morgan fingerprint density at radius 1 is 1.09 bits per heavy atom. The average molecular weight is 493 g/mol. The number of rotatable bonds is 6. The molecule has 1 N–H and O–H groups in total. The number of oxazole rings is 1. The lowest BCUT2D eigenvalue weighted by atomic mass is 10.1. The van der Waals surface area contributed by atoms with Gasteiger partial charge in [0.15, 0.2) is 11.5 Å². The summed E-state index contributed by atoms with van der Waals surface area (Å²) in [7, 11) is 0. The molecule has 0 atom stereocenters. The Morgan fingerprint density at radius 3 is 2.60 bits per heavy atom. The summed E-state index contributed by atoms with van der Waals surface area (Å²) >= 11 is 5.94. The van der Waals surface area contributed by atoms with Crippen molar-refractivity contribution >= 4 is 45.7 Å². The second-order valence-electron chi connectivity index (χ2n) is 8.11. The number of halogens is 1. The summed E-state index contributed by atoms with van der Waals surface area (Å²) in [5.74, 6) is 0.0889. The van der Waals surface area contributed by atoms with Crippen molar-refractivity contribution < 1.29 is 18.9 Å². The van der Waals surface area contributed by atoms with E-state index in [2.05, 4.69) is 10.3 Å². The Bertz CT molecular complexity index is 1400. The second kappa shape index (κ2) is 9.73. The predicted molar refractivity (Wildman–Crippen MR) is 132 cm³/mol. The fourth-order valence-corrected chi connectivity index (χ4v) is 4.12. The van der Waals surface area contributed by atoms with Crippen LogP contribution in [0.1, 0.15) is 21.8 Å². The largest absolute Gasteiger partial charge is 0.440 e. The maximum Gasteiger partial charge on any atom is 0.293 e. The van der Waals surface area contributed by atoms with Crippen molar-refractivity contribution in [2.45, 2.75) is 6.42 Å². The fraction of sp³-hybridized carbons (Fsp3) is 0.200. The number of nitro benzene ring substituents is 1. The van der Waals surface area contributed by atoms with E-state index in [0.717, 1.165) is 5.56 Å². The summed E-state index contributed by atoms with van der Waals surface area (Å²) in [5, 5.41) is 15.1. The lowest BCUT2D eigenvalue weighted by Gasteiger charge is -2.28. The van der Waals surface area contributed by atoms with Crippen LogP contribution in [-0.2, 0) is 11.2 Å². The van der Waals surface area contributed by atoms with Crippen molar-refractivity contribution in [3.63, 3.8) is 0 Å². The van der Waals surface area contributed by atoms with E-state index in [1.54, 1.807) is 30.3 Å². The van der Waals surface area contributed by atoms with Gasteiger partial charge in [-0.15, -0.1) is 0 Å². The highest BCUT2D eigenvalue weighted by Crippen LogP contribution is 2.30. The maximum absolute atomic E-state index is 12.9. The molecule has 1 saturated heterocycles. The van der Waals surface area contributed by atoms with Gasteiger partial charge in [-0.3, -0.25) is 14.9 Å². The number of hydrogen-bond donors (Lipinski definition) is 1. The van der Waals surface area contributed by atoms with E-state index in [4.69, 9.17) is 20.8 Å². The van der Waals surface area contributed by atoms with Gasteiger partial charge in [-0.05, 0) is 48.0 Å². The SMILES string of the molecule is O=C(Nc1ccc2oc(Cc3ccc(Cl)cc3)nc2c1)c1ccc(N2CCOCC2)c([N+](=O)[O-])c1. The maximum atomic E-state index is 12.9. The summed E-state index contributed by atoms with van der Waals surface area (Å²) in [6, 6.07) is 17.1. The van der Waals surface area contributed by atoms with Crippen LogP contribution in [0, 0.1) is 10.1 Å². The molecule has 9 nitrogen and oxygen atoms in total. The van der Waals surface area contributed by atoms with E-state index in [0.29, 0.717) is 66.1 Å². The molecule has 0 aliphatic carbocycles. The minimum atomic E-state index is -0.467. The molecule has 0 spiro atoms. The fourth-order valence-electron chi connectivity index (χ4n) is 3.99. The number of benzene rings is 3. The van der Waals surface area contributed by atoms with Gasteiger partial charge in [0.1, 0.15) is 11.2 Å². The van der Waals surface area contributed by atoms with Gasteiger partial charge in [-0.2, -0.15) is 0 Å². The van der Waals surface area contributed by atoms with E-state index in [1.165, 1.54) is 6.07 Å². The third-order valence-electron chi connectivity index (χ3n) is 5.74. The molecule has 5 rings (SSSR count). The van der Waals surface area contributed by atoms with E-state index >= 15 is 0 Å². The van der Waals surface area contributed by atoms with Gasteiger partial charge in [0.25, 0.3) is 11.6 Å². The topological polar surface area (TPSA) is 111 Å². The number of amides is 1. The van der Waals surface area contributed by atoms with Crippen molar-refractivity contribution in [2.75, 3.05) is 36.5 Å². The van der Waals surface area contributed by atoms with E-state index in [1.807, 2.05) is 29.2 Å². The van der Waals surface area contributed by atoms with Gasteiger partial charge < -0.3 is 19.4 Å². The number of carbonyl (C=O) groups is 1. The van der Waals surface area contributed by atoms with Crippen molar-refractivity contribution in [1.82, 2.24) is 4.98 Å². The first-order valence-electron chi connectivity index (χ1n) is 11.0. The number of nitrogens with zero attached hydrogens (tertiary/aromatic N) is 3. The molecule has 10 heteroatoms. The molecule has 1 amide bonds. The van der Waals surface area contributed by atoms with Crippen LogP contribution in [0.2, 0.25) is 5.02 Å². The number of aromatic nitrogens is 1. The zero-order valence-corrected chi connectivity index (χ0v) is 19.3. The number of carbonyl (C=O) groups excluding carboxylic acids is 1. The first-order valence-corrected chi connectivity index (χ1v) is 11.4. The first-order chi connectivity index (χ1) is 17.0. The number of nitro groups is 1. The zero-order chi connectivity index (χ0) is 24.4. The molecule has 1 aliphatic heterocycles. The lowest BCUT2D eigenvalue weighted by Crippen LogP contribution is -2.36. The lowest BCUT2D eigenvalue weighted by molar-refractivity contribution is -0.384. The van der Waals surface area contributed by atoms with Crippen LogP contribution in [0.5, 0.6) is 0 Å². The van der Waals surface area contributed by atoms with Crippen LogP contribution in [0.3, 0.4) is 0 Å². The van der Waals surface area contributed by atoms with Crippen molar-refractivity contribution in [3.05, 3.63) is 92.8 Å². The molecule has 35 heavy (non-hydrogen) atoms. The van der Waals surface area contributed by atoms with Crippen molar-refractivity contribution in [2.24, 2.45) is 0 Å². The van der Waals surface area contributed by atoms with Gasteiger partial charge in [-0.25, -0.2) is 4.98 Å². The number of anilines is 2. The van der Waals surface area contributed by atoms with Gasteiger partial charge in [-0.1, -0.05) is 23.7 Å². The van der Waals surface area contributed by atoms with Crippen LogP contribution in [0.25, 0.3) is 11.1 Å². The van der Waals surface area contributed by atoms with Gasteiger partial charge in [0.2, 0.25) is 0 Å². The molecule has 1 aromatic heterocycles. The molecule has 178 valence electrons. The van der Waals surface area contributed by atoms with Crippen LogP contribution < -0.4 is 10.2 Å². The Kier molecular flexibility index (Phi) is 6.35. The molecule has 0 unspecified atom stereocenters. The Morgan fingerprint density at radius 2 is 1.86 bits per heavy atom. The highest BCUT2D eigenvalue weighted by Gasteiger charge is 2.23. The smallest absolute Gasteiger partial charge is 0.293 e. The zero-order valence-electron chi connectivity index (χ0n) is 18.6. The Balaban J connectivity index is 1.33.